The number of carbonyl (C=O) groups is 1. The first-order valence-corrected chi connectivity index (χ1v) is 11.3. The fourth-order valence-corrected chi connectivity index (χ4v) is 4.16. The van der Waals surface area contributed by atoms with Crippen LogP contribution in [0.3, 0.4) is 0 Å². The van der Waals surface area contributed by atoms with Gasteiger partial charge in [0.05, 0.1) is 16.4 Å². The van der Waals surface area contributed by atoms with Crippen LogP contribution in [-0.4, -0.2) is 24.1 Å². The number of amides is 1. The normalized spacial score (nSPS) is 11.2. The highest BCUT2D eigenvalue weighted by Gasteiger charge is 2.22. The van der Waals surface area contributed by atoms with Crippen molar-refractivity contribution in [1.29, 1.82) is 0 Å². The minimum Gasteiger partial charge on any atom is -0.358 e. The zero-order valence-corrected chi connectivity index (χ0v) is 18.5. The maximum atomic E-state index is 13.0. The minimum absolute atomic E-state index is 0.0112. The number of hydrogen-bond acceptors (Lipinski definition) is 5. The smallest absolute Gasteiger partial charge is 0.340 e. The van der Waals surface area contributed by atoms with Crippen molar-refractivity contribution in [2.75, 3.05) is 5.32 Å². The van der Waals surface area contributed by atoms with Crippen molar-refractivity contribution < 1.29 is 17.4 Å². The van der Waals surface area contributed by atoms with Crippen LogP contribution in [0.4, 0.5) is 5.69 Å². The summed E-state index contributed by atoms with van der Waals surface area (Å²) in [6.45, 7) is 1.37. The summed E-state index contributed by atoms with van der Waals surface area (Å²) in [4.78, 5) is 11.1. The molecular formula is C23H18ClN3O4S. The van der Waals surface area contributed by atoms with E-state index in [4.69, 9.17) is 15.8 Å². The van der Waals surface area contributed by atoms with E-state index in [1.54, 1.807) is 30.3 Å². The molecule has 0 saturated carbocycles. The van der Waals surface area contributed by atoms with Gasteiger partial charge in [0, 0.05) is 24.2 Å². The van der Waals surface area contributed by atoms with Crippen molar-refractivity contribution >= 4 is 33.3 Å². The highest BCUT2D eigenvalue weighted by molar-refractivity contribution is 7.87. The Morgan fingerprint density at radius 1 is 0.969 bits per heavy atom. The highest BCUT2D eigenvalue weighted by atomic mass is 35.5. The molecule has 7 nitrogen and oxygen atoms in total. The molecule has 0 aliphatic rings. The van der Waals surface area contributed by atoms with E-state index in [1.165, 1.54) is 35.9 Å². The third-order valence-corrected chi connectivity index (χ3v) is 6.04. The molecule has 0 spiro atoms. The average Bonchev–Trinajstić information content (AvgIpc) is 3.17. The number of para-hydroxylation sites is 1. The first-order chi connectivity index (χ1) is 15.3. The van der Waals surface area contributed by atoms with Crippen LogP contribution in [0.5, 0.6) is 5.88 Å². The molecule has 0 aliphatic heterocycles. The van der Waals surface area contributed by atoms with E-state index in [-0.39, 0.29) is 16.7 Å². The number of carbonyl (C=O) groups excluding carboxylic acids is 1. The first-order valence-electron chi connectivity index (χ1n) is 9.56. The quantitative estimate of drug-likeness (QED) is 0.406. The van der Waals surface area contributed by atoms with Gasteiger partial charge in [0.1, 0.15) is 4.90 Å². The van der Waals surface area contributed by atoms with Gasteiger partial charge in [-0.25, -0.2) is 0 Å². The Labute approximate surface area is 190 Å². The molecule has 1 N–H and O–H groups in total. The summed E-state index contributed by atoms with van der Waals surface area (Å²) in [5, 5.41) is 7.51. The number of anilines is 1. The lowest BCUT2D eigenvalue weighted by molar-refractivity contribution is -0.114. The van der Waals surface area contributed by atoms with E-state index in [0.717, 1.165) is 5.56 Å². The standard InChI is InChI=1S/C23H18ClN3O4S/c1-16(28)25-18-11-13-19(14-12-18)32(29,30)31-23-15-21(17-7-3-2-4-8-17)26-27(23)22-10-6-5-9-20(22)24/h2-15H,1H3,(H,25,28). The Morgan fingerprint density at radius 2 is 1.62 bits per heavy atom. The van der Waals surface area contributed by atoms with Crippen LogP contribution in [0, 0.1) is 0 Å². The average molecular weight is 468 g/mol. The third kappa shape index (κ3) is 4.66. The van der Waals surface area contributed by atoms with Gasteiger partial charge in [0.15, 0.2) is 0 Å². The molecule has 162 valence electrons. The van der Waals surface area contributed by atoms with E-state index in [0.29, 0.717) is 22.1 Å². The van der Waals surface area contributed by atoms with Crippen molar-refractivity contribution in [2.45, 2.75) is 11.8 Å². The fraction of sp³-hybridized carbons (Fsp3) is 0.0435. The summed E-state index contributed by atoms with van der Waals surface area (Å²) >= 11 is 6.33. The van der Waals surface area contributed by atoms with Crippen molar-refractivity contribution in [3.8, 4) is 22.8 Å². The Balaban J connectivity index is 1.74. The number of rotatable bonds is 6. The molecule has 4 aromatic rings. The third-order valence-electron chi connectivity index (χ3n) is 4.49. The summed E-state index contributed by atoms with van der Waals surface area (Å²) in [5.74, 6) is -0.267. The lowest BCUT2D eigenvalue weighted by Gasteiger charge is -2.11. The molecule has 1 amide bonds. The molecule has 32 heavy (non-hydrogen) atoms. The molecule has 0 fully saturated rings. The zero-order chi connectivity index (χ0) is 22.7. The molecule has 0 aliphatic carbocycles. The van der Waals surface area contributed by atoms with Crippen molar-refractivity contribution in [3.63, 3.8) is 0 Å². The molecule has 0 atom stereocenters. The maximum absolute atomic E-state index is 13.0. The summed E-state index contributed by atoms with van der Waals surface area (Å²) < 4.78 is 32.8. The van der Waals surface area contributed by atoms with Gasteiger partial charge in [-0.3, -0.25) is 4.79 Å². The van der Waals surface area contributed by atoms with Crippen LogP contribution in [-0.2, 0) is 14.9 Å². The van der Waals surface area contributed by atoms with Crippen molar-refractivity contribution in [2.24, 2.45) is 0 Å². The molecule has 1 aromatic heterocycles. The number of halogens is 1. The van der Waals surface area contributed by atoms with Crippen LogP contribution in [0.15, 0.2) is 89.8 Å². The van der Waals surface area contributed by atoms with E-state index < -0.39 is 10.1 Å². The number of nitrogens with one attached hydrogen (secondary N) is 1. The number of hydrogen-bond donors (Lipinski definition) is 1. The first kappa shape index (κ1) is 21.6. The van der Waals surface area contributed by atoms with Crippen molar-refractivity contribution in [3.05, 3.63) is 90.0 Å². The molecule has 0 saturated heterocycles. The van der Waals surface area contributed by atoms with Gasteiger partial charge in [0.2, 0.25) is 11.8 Å². The molecule has 0 bridgehead atoms. The minimum atomic E-state index is -4.19. The highest BCUT2D eigenvalue weighted by Crippen LogP contribution is 2.31. The summed E-state index contributed by atoms with van der Waals surface area (Å²) in [6.07, 6.45) is 0. The van der Waals surface area contributed by atoms with Gasteiger partial charge in [-0.05, 0) is 36.4 Å². The lowest BCUT2D eigenvalue weighted by Crippen LogP contribution is -2.13. The van der Waals surface area contributed by atoms with Crippen LogP contribution in [0.1, 0.15) is 6.92 Å². The zero-order valence-electron chi connectivity index (χ0n) is 16.9. The Bertz CT molecular complexity index is 1370. The molecule has 0 unspecified atom stereocenters. The van der Waals surface area contributed by atoms with Gasteiger partial charge >= 0.3 is 10.1 Å². The monoisotopic (exact) mass is 467 g/mol. The summed E-state index contributed by atoms with van der Waals surface area (Å²) in [7, 11) is -4.19. The number of benzene rings is 3. The Kier molecular flexibility index (Phi) is 5.98. The van der Waals surface area contributed by atoms with Crippen LogP contribution in [0.25, 0.3) is 16.9 Å². The molecular weight excluding hydrogens is 450 g/mol. The van der Waals surface area contributed by atoms with Crippen LogP contribution >= 0.6 is 11.6 Å². The maximum Gasteiger partial charge on any atom is 0.340 e. The van der Waals surface area contributed by atoms with E-state index in [9.17, 15) is 13.2 Å². The molecule has 4 rings (SSSR count). The van der Waals surface area contributed by atoms with Crippen molar-refractivity contribution in [1.82, 2.24) is 9.78 Å². The van der Waals surface area contributed by atoms with Gasteiger partial charge < -0.3 is 9.50 Å². The van der Waals surface area contributed by atoms with E-state index in [2.05, 4.69) is 10.4 Å². The van der Waals surface area contributed by atoms with Crippen LogP contribution in [0.2, 0.25) is 5.02 Å². The topological polar surface area (TPSA) is 90.3 Å². The Hall–Kier alpha value is -3.62. The summed E-state index contributed by atoms with van der Waals surface area (Å²) in [6, 6.07) is 23.5. The van der Waals surface area contributed by atoms with Gasteiger partial charge in [-0.2, -0.15) is 18.2 Å². The predicted octanol–water partition coefficient (Wildman–Crippen LogP) is 4.92. The van der Waals surface area contributed by atoms with Crippen LogP contribution < -0.4 is 9.50 Å². The second-order valence-electron chi connectivity index (χ2n) is 6.84. The second kappa shape index (κ2) is 8.86. The van der Waals surface area contributed by atoms with Gasteiger partial charge in [-0.1, -0.05) is 54.1 Å². The van der Waals surface area contributed by atoms with Gasteiger partial charge in [-0.15, -0.1) is 0 Å². The van der Waals surface area contributed by atoms with E-state index >= 15 is 0 Å². The molecule has 1 heterocycles. The Morgan fingerprint density at radius 3 is 2.28 bits per heavy atom. The summed E-state index contributed by atoms with van der Waals surface area (Å²) in [5.41, 5.74) is 2.27. The molecule has 9 heteroatoms. The second-order valence-corrected chi connectivity index (χ2v) is 8.79. The van der Waals surface area contributed by atoms with Gasteiger partial charge in [0.25, 0.3) is 0 Å². The lowest BCUT2D eigenvalue weighted by atomic mass is 10.2. The van der Waals surface area contributed by atoms with E-state index in [1.807, 2.05) is 30.3 Å². The predicted molar refractivity (Wildman–Crippen MR) is 123 cm³/mol. The SMILES string of the molecule is CC(=O)Nc1ccc(S(=O)(=O)Oc2cc(-c3ccccc3)nn2-c2ccccc2Cl)cc1. The molecule has 0 radical (unpaired) electrons. The number of aromatic nitrogens is 2. The fourth-order valence-electron chi connectivity index (χ4n) is 3.04. The number of nitrogens with zero attached hydrogens (tertiary/aromatic N) is 2. The largest absolute Gasteiger partial charge is 0.358 e. The molecule has 3 aromatic carbocycles.